The van der Waals surface area contributed by atoms with Gasteiger partial charge in [0.05, 0.1) is 6.61 Å². The van der Waals surface area contributed by atoms with Gasteiger partial charge in [0.2, 0.25) is 0 Å². The van der Waals surface area contributed by atoms with Crippen molar-refractivity contribution in [2.24, 2.45) is 5.92 Å². The first-order valence-corrected chi connectivity index (χ1v) is 6.28. The molecule has 0 aromatic heterocycles. The molecule has 0 unspecified atom stereocenters. The molecule has 1 saturated heterocycles. The highest BCUT2D eigenvalue weighted by atomic mass is 16.3. The van der Waals surface area contributed by atoms with Crippen LogP contribution < -0.4 is 0 Å². The first-order chi connectivity index (χ1) is 7.22. The van der Waals surface area contributed by atoms with Crippen molar-refractivity contribution in [2.45, 2.75) is 26.7 Å². The average molecular weight is 214 g/mol. The Morgan fingerprint density at radius 1 is 1.00 bits per heavy atom. The number of rotatable bonds is 5. The Bertz CT molecular complexity index is 162. The molecule has 0 spiro atoms. The van der Waals surface area contributed by atoms with Crippen molar-refractivity contribution in [1.29, 1.82) is 0 Å². The summed E-state index contributed by atoms with van der Waals surface area (Å²) < 4.78 is 0. The number of β-amino-alcohol motifs (C(OH)–C–C–N with tert-alkyl or cyclic N) is 1. The van der Waals surface area contributed by atoms with Crippen LogP contribution >= 0.6 is 0 Å². The van der Waals surface area contributed by atoms with Crippen LogP contribution in [0, 0.1) is 5.92 Å². The van der Waals surface area contributed by atoms with E-state index >= 15 is 0 Å². The Balaban J connectivity index is 2.20. The van der Waals surface area contributed by atoms with Crippen LogP contribution in [0.25, 0.3) is 0 Å². The Morgan fingerprint density at radius 3 is 2.13 bits per heavy atom. The fraction of sp³-hybridized carbons (Fsp3) is 1.00. The van der Waals surface area contributed by atoms with Crippen LogP contribution in [0.5, 0.6) is 0 Å². The van der Waals surface area contributed by atoms with E-state index < -0.39 is 0 Å². The van der Waals surface area contributed by atoms with E-state index in [-0.39, 0.29) is 0 Å². The SMILES string of the molecule is CC(C)CCN1CCCN(CCO)CC1. The molecule has 0 aliphatic carbocycles. The van der Waals surface area contributed by atoms with Gasteiger partial charge in [-0.25, -0.2) is 0 Å². The highest BCUT2D eigenvalue weighted by Crippen LogP contribution is 2.06. The second-order valence-electron chi connectivity index (χ2n) is 4.94. The largest absolute Gasteiger partial charge is 0.395 e. The summed E-state index contributed by atoms with van der Waals surface area (Å²) in [7, 11) is 0. The highest BCUT2D eigenvalue weighted by Gasteiger charge is 2.13. The summed E-state index contributed by atoms with van der Waals surface area (Å²) in [5, 5.41) is 8.90. The van der Waals surface area contributed by atoms with Crippen molar-refractivity contribution >= 4 is 0 Å². The number of hydrogen-bond acceptors (Lipinski definition) is 3. The maximum Gasteiger partial charge on any atom is 0.0558 e. The van der Waals surface area contributed by atoms with Crippen LogP contribution in [0.3, 0.4) is 0 Å². The number of hydrogen-bond donors (Lipinski definition) is 1. The molecule has 0 aromatic rings. The van der Waals surface area contributed by atoms with Crippen molar-refractivity contribution in [3.05, 3.63) is 0 Å². The van der Waals surface area contributed by atoms with Gasteiger partial charge in [-0.05, 0) is 38.4 Å². The topological polar surface area (TPSA) is 26.7 Å². The van der Waals surface area contributed by atoms with Crippen LogP contribution in [-0.2, 0) is 0 Å². The van der Waals surface area contributed by atoms with Gasteiger partial charge in [-0.2, -0.15) is 0 Å². The molecule has 1 rings (SSSR count). The third-order valence-electron chi connectivity index (χ3n) is 3.12. The van der Waals surface area contributed by atoms with Gasteiger partial charge in [0.15, 0.2) is 0 Å². The van der Waals surface area contributed by atoms with E-state index in [1.54, 1.807) is 0 Å². The maximum atomic E-state index is 8.90. The molecule has 15 heavy (non-hydrogen) atoms. The lowest BCUT2D eigenvalue weighted by Crippen LogP contribution is -2.33. The third kappa shape index (κ3) is 5.50. The first-order valence-electron chi connectivity index (χ1n) is 6.28. The zero-order chi connectivity index (χ0) is 11.1. The monoisotopic (exact) mass is 214 g/mol. The van der Waals surface area contributed by atoms with Crippen molar-refractivity contribution in [3.8, 4) is 0 Å². The molecule has 0 bridgehead atoms. The Hall–Kier alpha value is -0.120. The lowest BCUT2D eigenvalue weighted by molar-refractivity contribution is 0.195. The summed E-state index contributed by atoms with van der Waals surface area (Å²) in [6, 6.07) is 0. The van der Waals surface area contributed by atoms with Crippen LogP contribution in [-0.4, -0.2) is 60.8 Å². The maximum absolute atomic E-state index is 8.90. The fourth-order valence-corrected chi connectivity index (χ4v) is 2.05. The Morgan fingerprint density at radius 2 is 1.60 bits per heavy atom. The molecule has 0 radical (unpaired) electrons. The number of aliphatic hydroxyl groups is 1. The van der Waals surface area contributed by atoms with E-state index in [2.05, 4.69) is 23.6 Å². The minimum Gasteiger partial charge on any atom is -0.395 e. The molecule has 3 nitrogen and oxygen atoms in total. The molecular formula is C12H26N2O. The molecule has 0 aromatic carbocycles. The molecule has 3 heteroatoms. The Kier molecular flexibility index (Phi) is 6.22. The van der Waals surface area contributed by atoms with Crippen LogP contribution in [0.1, 0.15) is 26.7 Å². The van der Waals surface area contributed by atoms with Gasteiger partial charge in [0.1, 0.15) is 0 Å². The highest BCUT2D eigenvalue weighted by molar-refractivity contribution is 4.69. The van der Waals surface area contributed by atoms with Gasteiger partial charge < -0.3 is 10.0 Å². The summed E-state index contributed by atoms with van der Waals surface area (Å²) in [4.78, 5) is 4.94. The van der Waals surface area contributed by atoms with Gasteiger partial charge in [-0.1, -0.05) is 13.8 Å². The molecule has 1 fully saturated rings. The lowest BCUT2D eigenvalue weighted by atomic mass is 10.1. The van der Waals surface area contributed by atoms with E-state index in [1.807, 2.05) is 0 Å². The van der Waals surface area contributed by atoms with E-state index in [4.69, 9.17) is 5.11 Å². The summed E-state index contributed by atoms with van der Waals surface area (Å²) in [5.74, 6) is 0.807. The van der Waals surface area contributed by atoms with Crippen molar-refractivity contribution in [3.63, 3.8) is 0 Å². The van der Waals surface area contributed by atoms with Crippen molar-refractivity contribution in [1.82, 2.24) is 9.80 Å². The standard InChI is InChI=1S/C12H26N2O/c1-12(2)4-7-13-5-3-6-14(9-8-13)10-11-15/h12,15H,3-11H2,1-2H3. The minimum absolute atomic E-state index is 0.298. The van der Waals surface area contributed by atoms with E-state index in [1.165, 1.54) is 32.5 Å². The molecule has 1 heterocycles. The van der Waals surface area contributed by atoms with Gasteiger partial charge in [0, 0.05) is 19.6 Å². The smallest absolute Gasteiger partial charge is 0.0558 e. The second kappa shape index (κ2) is 7.20. The quantitative estimate of drug-likeness (QED) is 0.740. The van der Waals surface area contributed by atoms with Crippen LogP contribution in [0.4, 0.5) is 0 Å². The average Bonchev–Trinajstić information content (AvgIpc) is 2.41. The first kappa shape index (κ1) is 12.9. The fourth-order valence-electron chi connectivity index (χ4n) is 2.05. The predicted octanol–water partition coefficient (Wildman–Crippen LogP) is 1.03. The Labute approximate surface area is 94.1 Å². The van der Waals surface area contributed by atoms with E-state index in [0.717, 1.165) is 25.6 Å². The number of nitrogens with zero attached hydrogens (tertiary/aromatic N) is 2. The zero-order valence-corrected chi connectivity index (χ0v) is 10.3. The molecule has 1 aliphatic rings. The predicted molar refractivity (Wildman–Crippen MR) is 64.0 cm³/mol. The summed E-state index contributed by atoms with van der Waals surface area (Å²) >= 11 is 0. The molecule has 90 valence electrons. The molecule has 0 amide bonds. The van der Waals surface area contributed by atoms with Crippen molar-refractivity contribution in [2.75, 3.05) is 45.9 Å². The van der Waals surface area contributed by atoms with E-state index in [0.29, 0.717) is 6.61 Å². The minimum atomic E-state index is 0.298. The summed E-state index contributed by atoms with van der Waals surface area (Å²) in [6.07, 6.45) is 2.55. The summed E-state index contributed by atoms with van der Waals surface area (Å²) in [6.45, 7) is 11.6. The van der Waals surface area contributed by atoms with Gasteiger partial charge in [-0.3, -0.25) is 4.90 Å². The third-order valence-corrected chi connectivity index (χ3v) is 3.12. The molecule has 1 aliphatic heterocycles. The zero-order valence-electron chi connectivity index (χ0n) is 10.3. The molecule has 0 saturated carbocycles. The normalized spacial score (nSPS) is 20.8. The van der Waals surface area contributed by atoms with Gasteiger partial charge >= 0.3 is 0 Å². The van der Waals surface area contributed by atoms with Crippen LogP contribution in [0.2, 0.25) is 0 Å². The van der Waals surface area contributed by atoms with E-state index in [9.17, 15) is 0 Å². The van der Waals surface area contributed by atoms with Gasteiger partial charge in [0.25, 0.3) is 0 Å². The molecular weight excluding hydrogens is 188 g/mol. The second-order valence-corrected chi connectivity index (χ2v) is 4.94. The molecule has 1 N–H and O–H groups in total. The van der Waals surface area contributed by atoms with Crippen molar-refractivity contribution < 1.29 is 5.11 Å². The summed E-state index contributed by atoms with van der Waals surface area (Å²) in [5.41, 5.74) is 0. The van der Waals surface area contributed by atoms with Gasteiger partial charge in [-0.15, -0.1) is 0 Å². The lowest BCUT2D eigenvalue weighted by Gasteiger charge is -2.21. The molecule has 0 atom stereocenters. The van der Waals surface area contributed by atoms with Crippen LogP contribution in [0.15, 0.2) is 0 Å². The number of aliphatic hydroxyl groups excluding tert-OH is 1.